The largest absolute Gasteiger partial charge is 0.350 e. The molecule has 1 rings (SSSR count). The molecule has 0 fully saturated rings. The minimum Gasteiger partial charge on any atom is -0.350 e. The molecule has 5 heteroatoms. The van der Waals surface area contributed by atoms with Crippen LogP contribution in [0, 0.1) is 6.92 Å². The zero-order valence-electron chi connectivity index (χ0n) is 11.3. The molecule has 0 aliphatic heterocycles. The van der Waals surface area contributed by atoms with Crippen molar-refractivity contribution >= 4 is 5.91 Å². The Kier molecular flexibility index (Phi) is 4.28. The third kappa shape index (κ3) is 3.56. The summed E-state index contributed by atoms with van der Waals surface area (Å²) < 4.78 is 1.76. The Morgan fingerprint density at radius 3 is 2.65 bits per heavy atom. The SMILES string of the molecule is CCNC(C)(C)C(=O)NCc1cn(C)nc1C. The molecule has 0 aromatic carbocycles. The van der Waals surface area contributed by atoms with Crippen molar-refractivity contribution in [1.29, 1.82) is 0 Å². The van der Waals surface area contributed by atoms with Gasteiger partial charge in [-0.3, -0.25) is 9.48 Å². The van der Waals surface area contributed by atoms with E-state index < -0.39 is 5.54 Å². The van der Waals surface area contributed by atoms with E-state index in [1.165, 1.54) is 0 Å². The fraction of sp³-hybridized carbons (Fsp3) is 0.667. The Labute approximate surface area is 103 Å². The topological polar surface area (TPSA) is 59.0 Å². The van der Waals surface area contributed by atoms with E-state index in [1.807, 2.05) is 40.9 Å². The van der Waals surface area contributed by atoms with Gasteiger partial charge in [-0.1, -0.05) is 6.92 Å². The van der Waals surface area contributed by atoms with E-state index in [0.717, 1.165) is 17.8 Å². The third-order valence-electron chi connectivity index (χ3n) is 2.74. The van der Waals surface area contributed by atoms with Gasteiger partial charge in [-0.15, -0.1) is 0 Å². The number of amides is 1. The standard InChI is InChI=1S/C12H22N4O/c1-6-14-12(3,4)11(17)13-7-10-8-16(5)15-9(10)2/h8,14H,6-7H2,1-5H3,(H,13,17). The smallest absolute Gasteiger partial charge is 0.239 e. The monoisotopic (exact) mass is 238 g/mol. The van der Waals surface area contributed by atoms with Crippen LogP contribution in [0.1, 0.15) is 32.0 Å². The maximum atomic E-state index is 11.9. The normalized spacial score (nSPS) is 11.6. The number of nitrogens with zero attached hydrogens (tertiary/aromatic N) is 2. The van der Waals surface area contributed by atoms with Crippen LogP contribution in [-0.2, 0) is 18.4 Å². The van der Waals surface area contributed by atoms with Gasteiger partial charge in [0.05, 0.1) is 11.2 Å². The molecule has 0 saturated heterocycles. The Bertz CT molecular complexity index is 395. The van der Waals surface area contributed by atoms with Gasteiger partial charge in [0, 0.05) is 25.4 Å². The van der Waals surface area contributed by atoms with Gasteiger partial charge in [0.2, 0.25) is 5.91 Å². The third-order valence-corrected chi connectivity index (χ3v) is 2.74. The molecule has 1 aromatic rings. The second-order valence-corrected chi connectivity index (χ2v) is 4.75. The fourth-order valence-electron chi connectivity index (χ4n) is 1.74. The van der Waals surface area contributed by atoms with Crippen molar-refractivity contribution in [2.45, 2.75) is 39.8 Å². The summed E-state index contributed by atoms with van der Waals surface area (Å²) >= 11 is 0. The van der Waals surface area contributed by atoms with E-state index in [4.69, 9.17) is 0 Å². The van der Waals surface area contributed by atoms with E-state index in [9.17, 15) is 4.79 Å². The number of hydrogen-bond acceptors (Lipinski definition) is 3. The van der Waals surface area contributed by atoms with Crippen LogP contribution in [0.5, 0.6) is 0 Å². The summed E-state index contributed by atoms with van der Waals surface area (Å²) in [7, 11) is 1.88. The molecular formula is C12H22N4O. The van der Waals surface area contributed by atoms with Crippen LogP contribution in [0.2, 0.25) is 0 Å². The lowest BCUT2D eigenvalue weighted by Crippen LogP contribution is -2.52. The number of carbonyl (C=O) groups is 1. The molecule has 0 unspecified atom stereocenters. The van der Waals surface area contributed by atoms with Gasteiger partial charge in [0.15, 0.2) is 0 Å². The summed E-state index contributed by atoms with van der Waals surface area (Å²) in [4.78, 5) is 11.9. The predicted molar refractivity (Wildman–Crippen MR) is 67.5 cm³/mol. The lowest BCUT2D eigenvalue weighted by atomic mass is 10.0. The molecule has 1 amide bonds. The molecule has 0 spiro atoms. The molecule has 1 aromatic heterocycles. The van der Waals surface area contributed by atoms with Gasteiger partial charge in [0.25, 0.3) is 0 Å². The molecule has 17 heavy (non-hydrogen) atoms. The molecular weight excluding hydrogens is 216 g/mol. The molecule has 0 radical (unpaired) electrons. The lowest BCUT2D eigenvalue weighted by Gasteiger charge is -2.24. The van der Waals surface area contributed by atoms with Crippen molar-refractivity contribution in [2.24, 2.45) is 7.05 Å². The highest BCUT2D eigenvalue weighted by molar-refractivity contribution is 5.85. The highest BCUT2D eigenvalue weighted by Gasteiger charge is 2.25. The van der Waals surface area contributed by atoms with Crippen LogP contribution in [0.15, 0.2) is 6.20 Å². The quantitative estimate of drug-likeness (QED) is 0.795. The minimum atomic E-state index is -0.537. The molecule has 5 nitrogen and oxygen atoms in total. The van der Waals surface area contributed by atoms with E-state index in [1.54, 1.807) is 4.68 Å². The first-order valence-corrected chi connectivity index (χ1v) is 5.89. The van der Waals surface area contributed by atoms with Crippen LogP contribution in [-0.4, -0.2) is 27.8 Å². The Morgan fingerprint density at radius 2 is 2.18 bits per heavy atom. The zero-order valence-corrected chi connectivity index (χ0v) is 11.3. The van der Waals surface area contributed by atoms with Gasteiger partial charge in [0.1, 0.15) is 0 Å². The first-order chi connectivity index (χ1) is 7.86. The van der Waals surface area contributed by atoms with Crippen LogP contribution >= 0.6 is 0 Å². The molecule has 0 bridgehead atoms. The molecule has 0 aliphatic rings. The zero-order chi connectivity index (χ0) is 13.1. The number of aryl methyl sites for hydroxylation is 2. The van der Waals surface area contributed by atoms with Crippen molar-refractivity contribution in [3.8, 4) is 0 Å². The van der Waals surface area contributed by atoms with Gasteiger partial charge >= 0.3 is 0 Å². The van der Waals surface area contributed by atoms with Crippen LogP contribution in [0.3, 0.4) is 0 Å². The summed E-state index contributed by atoms with van der Waals surface area (Å²) in [5.41, 5.74) is 1.47. The Balaban J connectivity index is 2.56. The van der Waals surface area contributed by atoms with E-state index in [0.29, 0.717) is 6.54 Å². The molecule has 2 N–H and O–H groups in total. The predicted octanol–water partition coefficient (Wildman–Crippen LogP) is 0.733. The lowest BCUT2D eigenvalue weighted by molar-refractivity contribution is -0.126. The molecule has 0 atom stereocenters. The number of hydrogen-bond donors (Lipinski definition) is 2. The minimum absolute atomic E-state index is 0.00241. The van der Waals surface area contributed by atoms with Crippen molar-refractivity contribution in [1.82, 2.24) is 20.4 Å². The molecule has 96 valence electrons. The average Bonchev–Trinajstić information content (AvgIpc) is 2.53. The first kappa shape index (κ1) is 13.7. The first-order valence-electron chi connectivity index (χ1n) is 5.89. The molecule has 1 heterocycles. The summed E-state index contributed by atoms with van der Waals surface area (Å²) in [6.07, 6.45) is 1.93. The number of likely N-dealkylation sites (N-methyl/N-ethyl adjacent to an activating group) is 1. The maximum absolute atomic E-state index is 11.9. The average molecular weight is 238 g/mol. The van der Waals surface area contributed by atoms with Gasteiger partial charge < -0.3 is 10.6 Å². The number of nitrogens with one attached hydrogen (secondary N) is 2. The summed E-state index contributed by atoms with van der Waals surface area (Å²) in [5, 5.41) is 10.3. The van der Waals surface area contributed by atoms with Crippen LogP contribution in [0.25, 0.3) is 0 Å². The maximum Gasteiger partial charge on any atom is 0.239 e. The van der Waals surface area contributed by atoms with E-state index >= 15 is 0 Å². The summed E-state index contributed by atoms with van der Waals surface area (Å²) in [5.74, 6) is 0.00241. The number of carbonyl (C=O) groups excluding carboxylic acids is 1. The second kappa shape index (κ2) is 5.31. The van der Waals surface area contributed by atoms with Crippen LogP contribution in [0.4, 0.5) is 0 Å². The highest BCUT2D eigenvalue weighted by Crippen LogP contribution is 2.06. The molecule has 0 aliphatic carbocycles. The van der Waals surface area contributed by atoms with E-state index in [2.05, 4.69) is 15.7 Å². The summed E-state index contributed by atoms with van der Waals surface area (Å²) in [6.45, 7) is 8.97. The van der Waals surface area contributed by atoms with Crippen molar-refractivity contribution in [3.63, 3.8) is 0 Å². The molecule has 0 saturated carbocycles. The van der Waals surface area contributed by atoms with Crippen molar-refractivity contribution in [3.05, 3.63) is 17.5 Å². The number of rotatable bonds is 5. The van der Waals surface area contributed by atoms with Gasteiger partial charge in [-0.25, -0.2) is 0 Å². The Hall–Kier alpha value is -1.36. The van der Waals surface area contributed by atoms with Crippen molar-refractivity contribution in [2.75, 3.05) is 6.54 Å². The van der Waals surface area contributed by atoms with E-state index in [-0.39, 0.29) is 5.91 Å². The van der Waals surface area contributed by atoms with Gasteiger partial charge in [-0.05, 0) is 27.3 Å². The van der Waals surface area contributed by atoms with Gasteiger partial charge in [-0.2, -0.15) is 5.10 Å². The second-order valence-electron chi connectivity index (χ2n) is 4.75. The van der Waals surface area contributed by atoms with Crippen molar-refractivity contribution < 1.29 is 4.79 Å². The summed E-state index contributed by atoms with van der Waals surface area (Å²) in [6, 6.07) is 0. The highest BCUT2D eigenvalue weighted by atomic mass is 16.2. The van der Waals surface area contributed by atoms with Crippen LogP contribution < -0.4 is 10.6 Å². The Morgan fingerprint density at radius 1 is 1.53 bits per heavy atom. The number of aromatic nitrogens is 2. The fourth-order valence-corrected chi connectivity index (χ4v) is 1.74.